The lowest BCUT2D eigenvalue weighted by Crippen LogP contribution is -2.21. The zero-order valence-electron chi connectivity index (χ0n) is 10.4. The number of benzene rings is 2. The average molecular weight is 261 g/mol. The number of nitrogens with one attached hydrogen (secondary N) is 1. The Bertz CT molecular complexity index is 545. The first kappa shape index (κ1) is 13.5. The smallest absolute Gasteiger partial charge is 0.129 e. The van der Waals surface area contributed by atoms with E-state index in [2.05, 4.69) is 5.32 Å². The molecule has 2 aromatic carbocycles. The van der Waals surface area contributed by atoms with Crippen LogP contribution < -0.4 is 5.32 Å². The van der Waals surface area contributed by atoms with Crippen molar-refractivity contribution in [3.8, 4) is 5.75 Å². The molecule has 0 amide bonds. The molecular formula is C15H16FNO2. The summed E-state index contributed by atoms with van der Waals surface area (Å²) in [5, 5.41) is 22.2. The van der Waals surface area contributed by atoms with E-state index in [1.807, 2.05) is 6.07 Å². The normalized spacial score (nSPS) is 12.3. The molecule has 1 unspecified atom stereocenters. The van der Waals surface area contributed by atoms with E-state index >= 15 is 0 Å². The van der Waals surface area contributed by atoms with Gasteiger partial charge in [0, 0.05) is 18.7 Å². The van der Waals surface area contributed by atoms with Crippen LogP contribution in [0.1, 0.15) is 17.2 Å². The van der Waals surface area contributed by atoms with Crippen molar-refractivity contribution in [3.63, 3.8) is 0 Å². The molecule has 3 nitrogen and oxygen atoms in total. The van der Waals surface area contributed by atoms with E-state index in [9.17, 15) is 14.6 Å². The lowest BCUT2D eigenvalue weighted by molar-refractivity contribution is 0.169. The van der Waals surface area contributed by atoms with E-state index < -0.39 is 11.9 Å². The van der Waals surface area contributed by atoms with Crippen molar-refractivity contribution >= 4 is 0 Å². The van der Waals surface area contributed by atoms with Crippen LogP contribution in [-0.4, -0.2) is 16.8 Å². The predicted octanol–water partition coefficient (Wildman–Crippen LogP) is 2.35. The minimum atomic E-state index is -0.890. The van der Waals surface area contributed by atoms with Crippen LogP contribution in [0.15, 0.2) is 48.5 Å². The zero-order valence-corrected chi connectivity index (χ0v) is 10.4. The first-order chi connectivity index (χ1) is 9.16. The Morgan fingerprint density at radius 2 is 1.89 bits per heavy atom. The summed E-state index contributed by atoms with van der Waals surface area (Å²) < 4.78 is 13.4. The topological polar surface area (TPSA) is 52.5 Å². The lowest BCUT2D eigenvalue weighted by atomic mass is 10.1. The Hall–Kier alpha value is -1.91. The van der Waals surface area contributed by atoms with Gasteiger partial charge in [-0.25, -0.2) is 4.39 Å². The van der Waals surface area contributed by atoms with Crippen LogP contribution in [0.4, 0.5) is 4.39 Å². The molecule has 0 saturated heterocycles. The molecule has 0 fully saturated rings. The Balaban J connectivity index is 1.88. The standard InChI is InChI=1S/C15H16FNO2/c16-14-7-2-1-6-13(14)15(19)10-17-9-11-4-3-5-12(18)8-11/h1-8,15,17-19H,9-10H2. The first-order valence-electron chi connectivity index (χ1n) is 6.08. The highest BCUT2D eigenvalue weighted by Gasteiger charge is 2.11. The number of hydrogen-bond donors (Lipinski definition) is 3. The lowest BCUT2D eigenvalue weighted by Gasteiger charge is -2.13. The maximum atomic E-state index is 13.4. The quantitative estimate of drug-likeness (QED) is 0.774. The van der Waals surface area contributed by atoms with Crippen LogP contribution in [-0.2, 0) is 6.54 Å². The molecule has 100 valence electrons. The molecule has 0 bridgehead atoms. The van der Waals surface area contributed by atoms with Crippen molar-refractivity contribution in [1.82, 2.24) is 5.32 Å². The van der Waals surface area contributed by atoms with Gasteiger partial charge >= 0.3 is 0 Å². The third-order valence-electron chi connectivity index (χ3n) is 2.84. The van der Waals surface area contributed by atoms with Crippen molar-refractivity contribution in [2.45, 2.75) is 12.6 Å². The van der Waals surface area contributed by atoms with E-state index in [0.717, 1.165) is 5.56 Å². The van der Waals surface area contributed by atoms with Crippen molar-refractivity contribution in [3.05, 3.63) is 65.5 Å². The van der Waals surface area contributed by atoms with Crippen LogP contribution in [0.25, 0.3) is 0 Å². The van der Waals surface area contributed by atoms with E-state index in [-0.39, 0.29) is 17.9 Å². The van der Waals surface area contributed by atoms with Gasteiger partial charge in [-0.1, -0.05) is 30.3 Å². The summed E-state index contributed by atoms with van der Waals surface area (Å²) >= 11 is 0. The van der Waals surface area contributed by atoms with Gasteiger partial charge in [-0.15, -0.1) is 0 Å². The van der Waals surface area contributed by atoms with Gasteiger partial charge in [-0.3, -0.25) is 0 Å². The maximum Gasteiger partial charge on any atom is 0.129 e. The number of aromatic hydroxyl groups is 1. The monoisotopic (exact) mass is 261 g/mol. The number of halogens is 1. The Morgan fingerprint density at radius 3 is 2.63 bits per heavy atom. The van der Waals surface area contributed by atoms with Crippen LogP contribution in [0.2, 0.25) is 0 Å². The Morgan fingerprint density at radius 1 is 1.11 bits per heavy atom. The molecule has 2 rings (SSSR count). The number of aliphatic hydroxyl groups excluding tert-OH is 1. The van der Waals surface area contributed by atoms with Gasteiger partial charge in [0.05, 0.1) is 6.10 Å². The summed E-state index contributed by atoms with van der Waals surface area (Å²) in [4.78, 5) is 0. The zero-order chi connectivity index (χ0) is 13.7. The highest BCUT2D eigenvalue weighted by Crippen LogP contribution is 2.16. The molecule has 0 aliphatic carbocycles. The molecule has 4 heteroatoms. The maximum absolute atomic E-state index is 13.4. The van der Waals surface area contributed by atoms with Gasteiger partial charge in [-0.05, 0) is 23.8 Å². The summed E-state index contributed by atoms with van der Waals surface area (Å²) in [6.07, 6.45) is -0.890. The van der Waals surface area contributed by atoms with Crippen molar-refractivity contribution in [2.75, 3.05) is 6.54 Å². The highest BCUT2D eigenvalue weighted by molar-refractivity contribution is 5.27. The van der Waals surface area contributed by atoms with Gasteiger partial charge in [-0.2, -0.15) is 0 Å². The molecule has 0 saturated carbocycles. The van der Waals surface area contributed by atoms with Crippen molar-refractivity contribution < 1.29 is 14.6 Å². The molecule has 2 aromatic rings. The van der Waals surface area contributed by atoms with Crippen LogP contribution in [0.3, 0.4) is 0 Å². The number of phenolic OH excluding ortho intramolecular Hbond substituents is 1. The average Bonchev–Trinajstić information content (AvgIpc) is 2.39. The summed E-state index contributed by atoms with van der Waals surface area (Å²) in [5.74, 6) is -0.205. The minimum absolute atomic E-state index is 0.203. The third-order valence-corrected chi connectivity index (χ3v) is 2.84. The second kappa shape index (κ2) is 6.31. The Kier molecular flexibility index (Phi) is 4.49. The van der Waals surface area contributed by atoms with Gasteiger partial charge in [0.25, 0.3) is 0 Å². The Labute approximate surface area is 111 Å². The molecule has 0 aliphatic heterocycles. The second-order valence-corrected chi connectivity index (χ2v) is 4.34. The van der Waals surface area contributed by atoms with Gasteiger partial charge in [0.1, 0.15) is 11.6 Å². The van der Waals surface area contributed by atoms with E-state index in [0.29, 0.717) is 6.54 Å². The summed E-state index contributed by atoms with van der Waals surface area (Å²) in [6, 6.07) is 13.0. The highest BCUT2D eigenvalue weighted by atomic mass is 19.1. The largest absolute Gasteiger partial charge is 0.508 e. The van der Waals surface area contributed by atoms with Crippen LogP contribution >= 0.6 is 0 Å². The molecule has 0 heterocycles. The summed E-state index contributed by atoms with van der Waals surface area (Å²) in [7, 11) is 0. The van der Waals surface area contributed by atoms with Crippen LogP contribution in [0.5, 0.6) is 5.75 Å². The molecule has 19 heavy (non-hydrogen) atoms. The molecule has 0 spiro atoms. The number of phenols is 1. The SMILES string of the molecule is Oc1cccc(CNCC(O)c2ccccc2F)c1. The van der Waals surface area contributed by atoms with E-state index in [4.69, 9.17) is 0 Å². The molecule has 0 radical (unpaired) electrons. The van der Waals surface area contributed by atoms with Gasteiger partial charge < -0.3 is 15.5 Å². The fourth-order valence-electron chi connectivity index (χ4n) is 1.87. The fourth-order valence-corrected chi connectivity index (χ4v) is 1.87. The first-order valence-corrected chi connectivity index (χ1v) is 6.08. The van der Waals surface area contributed by atoms with Crippen molar-refractivity contribution in [1.29, 1.82) is 0 Å². The molecule has 0 aliphatic rings. The fraction of sp³-hybridized carbons (Fsp3) is 0.200. The summed E-state index contributed by atoms with van der Waals surface area (Å²) in [6.45, 7) is 0.747. The molecule has 3 N–H and O–H groups in total. The molecular weight excluding hydrogens is 245 g/mol. The molecule has 1 atom stereocenters. The second-order valence-electron chi connectivity index (χ2n) is 4.34. The number of rotatable bonds is 5. The van der Waals surface area contributed by atoms with Gasteiger partial charge in [0.2, 0.25) is 0 Å². The van der Waals surface area contributed by atoms with E-state index in [1.165, 1.54) is 6.07 Å². The number of hydrogen-bond acceptors (Lipinski definition) is 3. The van der Waals surface area contributed by atoms with Crippen molar-refractivity contribution in [2.24, 2.45) is 0 Å². The third kappa shape index (κ3) is 3.77. The van der Waals surface area contributed by atoms with E-state index in [1.54, 1.807) is 36.4 Å². The predicted molar refractivity (Wildman–Crippen MR) is 71.2 cm³/mol. The summed E-state index contributed by atoms with van der Waals surface area (Å²) in [5.41, 5.74) is 1.19. The number of aliphatic hydroxyl groups is 1. The molecule has 0 aromatic heterocycles. The minimum Gasteiger partial charge on any atom is -0.508 e. The van der Waals surface area contributed by atoms with Gasteiger partial charge in [0.15, 0.2) is 0 Å². The van der Waals surface area contributed by atoms with Crippen LogP contribution in [0, 0.1) is 5.82 Å².